The van der Waals surface area contributed by atoms with Crippen LogP contribution in [-0.2, 0) is 0 Å². The molecule has 0 saturated carbocycles. The highest BCUT2D eigenvalue weighted by Crippen LogP contribution is 2.24. The monoisotopic (exact) mass is 323 g/mol. The van der Waals surface area contributed by atoms with E-state index in [0.29, 0.717) is 27.4 Å². The molecule has 1 aromatic carbocycles. The third-order valence-corrected chi connectivity index (χ3v) is 4.32. The van der Waals surface area contributed by atoms with Gasteiger partial charge >= 0.3 is 0 Å². The predicted molar refractivity (Wildman–Crippen MR) is 81.7 cm³/mol. The van der Waals surface area contributed by atoms with Gasteiger partial charge in [0.2, 0.25) is 0 Å². The van der Waals surface area contributed by atoms with Gasteiger partial charge in [0, 0.05) is 16.2 Å². The number of nitrogens with one attached hydrogen (secondary N) is 1. The lowest BCUT2D eigenvalue weighted by Crippen LogP contribution is -2.05. The minimum absolute atomic E-state index is 0.0726. The van der Waals surface area contributed by atoms with E-state index in [-0.39, 0.29) is 17.3 Å². The van der Waals surface area contributed by atoms with Crippen LogP contribution < -0.4 is 0 Å². The molecule has 0 aliphatic heterocycles. The van der Waals surface area contributed by atoms with Crippen LogP contribution in [0, 0.1) is 25.5 Å². The van der Waals surface area contributed by atoms with E-state index < -0.39 is 11.6 Å². The summed E-state index contributed by atoms with van der Waals surface area (Å²) in [6.07, 6.45) is 0. The van der Waals surface area contributed by atoms with Gasteiger partial charge in [0.05, 0.1) is 11.4 Å². The van der Waals surface area contributed by atoms with Gasteiger partial charge in [0.15, 0.2) is 23.2 Å². The molecule has 116 valence electrons. The maximum absolute atomic E-state index is 13.1. The number of halogens is 2. The van der Waals surface area contributed by atoms with E-state index in [1.807, 2.05) is 0 Å². The molecule has 1 N–H and O–H groups in total. The minimum atomic E-state index is -0.941. The Morgan fingerprint density at radius 1 is 1.18 bits per heavy atom. The van der Waals surface area contributed by atoms with Crippen molar-refractivity contribution < 1.29 is 18.4 Å². The molecule has 0 saturated heterocycles. The fourth-order valence-electron chi connectivity index (χ4n) is 2.34. The van der Waals surface area contributed by atoms with Crippen molar-refractivity contribution in [2.45, 2.75) is 25.7 Å². The molecule has 0 unspecified atom stereocenters. The van der Waals surface area contributed by atoms with Crippen LogP contribution in [0.1, 0.15) is 39.0 Å². The predicted octanol–water partition coefficient (Wildman–Crippen LogP) is 4.09. The van der Waals surface area contributed by atoms with E-state index in [4.69, 9.17) is 0 Å². The summed E-state index contributed by atoms with van der Waals surface area (Å²) in [5, 5.41) is 0. The Morgan fingerprint density at radius 3 is 2.41 bits per heavy atom. The summed E-state index contributed by atoms with van der Waals surface area (Å²) >= 11 is 1.12. The Bertz CT molecular complexity index is 753. The Morgan fingerprint density at radius 2 is 1.86 bits per heavy atom. The molecule has 6 heteroatoms. The number of rotatable bonds is 5. The number of H-pyrrole nitrogens is 1. The Balaban J connectivity index is 2.14. The maximum Gasteiger partial charge on any atom is 0.189 e. The van der Waals surface area contributed by atoms with Crippen molar-refractivity contribution >= 4 is 23.3 Å². The van der Waals surface area contributed by atoms with E-state index >= 15 is 0 Å². The van der Waals surface area contributed by atoms with Crippen LogP contribution in [0.5, 0.6) is 0 Å². The van der Waals surface area contributed by atoms with Gasteiger partial charge in [-0.3, -0.25) is 9.59 Å². The van der Waals surface area contributed by atoms with Gasteiger partial charge < -0.3 is 4.98 Å². The number of aromatic nitrogens is 1. The standard InChI is InChI=1S/C16H15F2NO2S/c1-8-15(10(3)20)9(2)19-16(8)14(21)7-22-11-4-5-12(17)13(18)6-11/h4-6,19H,7H2,1-3H3. The summed E-state index contributed by atoms with van der Waals surface area (Å²) < 4.78 is 26.0. The number of hydrogen-bond donors (Lipinski definition) is 1. The molecular formula is C16H15F2NO2S. The molecule has 22 heavy (non-hydrogen) atoms. The second-order valence-electron chi connectivity index (χ2n) is 4.97. The highest BCUT2D eigenvalue weighted by atomic mass is 32.2. The zero-order valence-electron chi connectivity index (χ0n) is 12.4. The normalized spacial score (nSPS) is 10.8. The number of carbonyl (C=O) groups is 2. The van der Waals surface area contributed by atoms with Crippen molar-refractivity contribution in [3.8, 4) is 0 Å². The Kier molecular flexibility index (Phi) is 4.81. The van der Waals surface area contributed by atoms with E-state index in [1.54, 1.807) is 13.8 Å². The summed E-state index contributed by atoms with van der Waals surface area (Å²) in [5.41, 5.74) is 2.20. The number of ketones is 2. The first-order valence-corrected chi connectivity index (χ1v) is 7.61. The molecule has 0 bridgehead atoms. The van der Waals surface area contributed by atoms with E-state index in [9.17, 15) is 18.4 Å². The largest absolute Gasteiger partial charge is 0.355 e. The van der Waals surface area contributed by atoms with Crippen LogP contribution in [0.4, 0.5) is 8.78 Å². The number of aromatic amines is 1. The fourth-order valence-corrected chi connectivity index (χ4v) is 3.14. The molecule has 0 amide bonds. The highest BCUT2D eigenvalue weighted by Gasteiger charge is 2.19. The SMILES string of the molecule is CC(=O)c1c(C)[nH]c(C(=O)CSc2ccc(F)c(F)c2)c1C. The van der Waals surface area contributed by atoms with Crippen molar-refractivity contribution in [3.05, 3.63) is 52.3 Å². The third-order valence-electron chi connectivity index (χ3n) is 3.33. The van der Waals surface area contributed by atoms with Gasteiger partial charge in [-0.2, -0.15) is 0 Å². The molecule has 0 aliphatic carbocycles. The fraction of sp³-hybridized carbons (Fsp3) is 0.250. The summed E-state index contributed by atoms with van der Waals surface area (Å²) in [7, 11) is 0. The number of aryl methyl sites for hydroxylation is 1. The molecule has 0 spiro atoms. The minimum Gasteiger partial charge on any atom is -0.355 e. The molecule has 2 rings (SSSR count). The van der Waals surface area contributed by atoms with Crippen LogP contribution in [-0.4, -0.2) is 22.3 Å². The number of thioether (sulfide) groups is 1. The van der Waals surface area contributed by atoms with E-state index in [2.05, 4.69) is 4.98 Å². The van der Waals surface area contributed by atoms with Crippen LogP contribution in [0.3, 0.4) is 0 Å². The van der Waals surface area contributed by atoms with E-state index in [1.165, 1.54) is 13.0 Å². The maximum atomic E-state index is 13.1. The lowest BCUT2D eigenvalue weighted by atomic mass is 10.1. The lowest BCUT2D eigenvalue weighted by molar-refractivity contribution is 0.101. The Hall–Kier alpha value is -1.95. The van der Waals surface area contributed by atoms with Gasteiger partial charge in [-0.25, -0.2) is 8.78 Å². The smallest absolute Gasteiger partial charge is 0.189 e. The number of carbonyl (C=O) groups excluding carboxylic acids is 2. The molecule has 0 fully saturated rings. The first kappa shape index (κ1) is 16.4. The van der Waals surface area contributed by atoms with Gasteiger partial charge in [-0.05, 0) is 44.5 Å². The molecule has 0 atom stereocenters. The summed E-state index contributed by atoms with van der Waals surface area (Å²) in [5.74, 6) is -2.08. The Labute approximate surface area is 131 Å². The molecule has 1 heterocycles. The zero-order chi connectivity index (χ0) is 16.4. The summed E-state index contributed by atoms with van der Waals surface area (Å²) in [6.45, 7) is 4.91. The van der Waals surface area contributed by atoms with Crippen molar-refractivity contribution in [1.29, 1.82) is 0 Å². The van der Waals surface area contributed by atoms with Gasteiger partial charge in [0.1, 0.15) is 0 Å². The average Bonchev–Trinajstić information content (AvgIpc) is 2.75. The van der Waals surface area contributed by atoms with Crippen LogP contribution in [0.15, 0.2) is 23.1 Å². The highest BCUT2D eigenvalue weighted by molar-refractivity contribution is 8.00. The zero-order valence-corrected chi connectivity index (χ0v) is 13.2. The summed E-state index contributed by atoms with van der Waals surface area (Å²) in [6, 6.07) is 3.51. The molecular weight excluding hydrogens is 308 g/mol. The molecule has 1 aromatic heterocycles. The average molecular weight is 323 g/mol. The molecule has 3 nitrogen and oxygen atoms in total. The summed E-state index contributed by atoms with van der Waals surface area (Å²) in [4.78, 5) is 27.2. The van der Waals surface area contributed by atoms with Gasteiger partial charge in [0.25, 0.3) is 0 Å². The van der Waals surface area contributed by atoms with Crippen molar-refractivity contribution in [1.82, 2.24) is 4.98 Å². The molecule has 0 radical (unpaired) electrons. The first-order valence-electron chi connectivity index (χ1n) is 6.62. The molecule has 2 aromatic rings. The third kappa shape index (κ3) is 3.27. The molecule has 0 aliphatic rings. The lowest BCUT2D eigenvalue weighted by Gasteiger charge is -2.02. The second-order valence-corrected chi connectivity index (χ2v) is 6.02. The van der Waals surface area contributed by atoms with Crippen molar-refractivity contribution in [2.24, 2.45) is 0 Å². The van der Waals surface area contributed by atoms with E-state index in [0.717, 1.165) is 23.9 Å². The van der Waals surface area contributed by atoms with Crippen molar-refractivity contribution in [3.63, 3.8) is 0 Å². The first-order chi connectivity index (χ1) is 10.3. The van der Waals surface area contributed by atoms with Crippen LogP contribution in [0.2, 0.25) is 0 Å². The van der Waals surface area contributed by atoms with Crippen molar-refractivity contribution in [2.75, 3.05) is 5.75 Å². The number of benzene rings is 1. The number of hydrogen-bond acceptors (Lipinski definition) is 3. The topological polar surface area (TPSA) is 49.9 Å². The van der Waals surface area contributed by atoms with Crippen LogP contribution >= 0.6 is 11.8 Å². The van der Waals surface area contributed by atoms with Gasteiger partial charge in [-0.15, -0.1) is 11.8 Å². The number of Topliss-reactive ketones (excluding diaryl/α,β-unsaturated/α-hetero) is 2. The van der Waals surface area contributed by atoms with Crippen LogP contribution in [0.25, 0.3) is 0 Å². The van der Waals surface area contributed by atoms with Gasteiger partial charge in [-0.1, -0.05) is 0 Å². The quantitative estimate of drug-likeness (QED) is 0.666. The second kappa shape index (κ2) is 6.44.